The highest BCUT2D eigenvalue weighted by molar-refractivity contribution is 6.31. The van der Waals surface area contributed by atoms with Crippen molar-refractivity contribution in [2.75, 3.05) is 26.2 Å². The van der Waals surface area contributed by atoms with Crippen molar-refractivity contribution in [1.82, 2.24) is 14.8 Å². The number of aliphatic hydroxyl groups is 1. The van der Waals surface area contributed by atoms with Gasteiger partial charge in [0, 0.05) is 43.3 Å². The summed E-state index contributed by atoms with van der Waals surface area (Å²) in [6.07, 6.45) is 3.25. The third-order valence-corrected chi connectivity index (χ3v) is 7.80. The number of β-amino-alcohol motifs (C(OH)–C–C–N with tert-alkyl or cyclic N) is 1. The third-order valence-electron chi connectivity index (χ3n) is 7.51. The number of aryl methyl sites for hydroxylation is 1. The number of hydrogen-bond donors (Lipinski definition) is 3. The zero-order valence-electron chi connectivity index (χ0n) is 21.6. The van der Waals surface area contributed by atoms with Crippen LogP contribution in [-0.4, -0.2) is 58.9 Å². The topological polar surface area (TPSA) is 110 Å². The predicted octanol–water partition coefficient (Wildman–Crippen LogP) is 3.28. The first-order chi connectivity index (χ1) is 18.5. The first-order valence-corrected chi connectivity index (χ1v) is 13.4. The minimum Gasteiger partial charge on any atom is -0.491 e. The second-order valence-corrected chi connectivity index (χ2v) is 11.0. The molecule has 39 heavy (non-hydrogen) atoms. The first-order valence-electron chi connectivity index (χ1n) is 13.0. The fourth-order valence-corrected chi connectivity index (χ4v) is 5.11. The fourth-order valence-electron chi connectivity index (χ4n) is 4.95. The van der Waals surface area contributed by atoms with Crippen LogP contribution in [0.1, 0.15) is 41.6 Å². The van der Waals surface area contributed by atoms with Gasteiger partial charge in [0.1, 0.15) is 35.7 Å². The van der Waals surface area contributed by atoms with Gasteiger partial charge in [-0.3, -0.25) is 9.59 Å². The molecule has 1 amide bonds. The molecule has 4 N–H and O–H groups in total. The summed E-state index contributed by atoms with van der Waals surface area (Å²) < 4.78 is 35.1. The number of aliphatic hydroxyl groups excluding tert-OH is 1. The van der Waals surface area contributed by atoms with Gasteiger partial charge in [0.15, 0.2) is 0 Å². The number of pyridine rings is 1. The van der Waals surface area contributed by atoms with Gasteiger partial charge in [0.2, 0.25) is 5.43 Å². The molecule has 0 spiro atoms. The van der Waals surface area contributed by atoms with E-state index in [9.17, 15) is 23.5 Å². The molecule has 1 aromatic heterocycles. The molecule has 2 heterocycles. The maximum absolute atomic E-state index is 14.2. The number of aromatic nitrogens is 1. The van der Waals surface area contributed by atoms with Crippen molar-refractivity contribution in [1.29, 1.82) is 0 Å². The zero-order valence-corrected chi connectivity index (χ0v) is 22.3. The minimum atomic E-state index is -0.767. The van der Waals surface area contributed by atoms with Crippen molar-refractivity contribution < 1.29 is 23.4 Å². The van der Waals surface area contributed by atoms with E-state index >= 15 is 0 Å². The molecule has 1 saturated heterocycles. The minimum absolute atomic E-state index is 0.0296. The van der Waals surface area contributed by atoms with E-state index in [2.05, 4.69) is 10.2 Å². The van der Waals surface area contributed by atoms with Gasteiger partial charge in [-0.2, -0.15) is 0 Å². The highest BCUT2D eigenvalue weighted by Gasteiger charge is 2.41. The van der Waals surface area contributed by atoms with Crippen LogP contribution in [0.25, 0.3) is 10.9 Å². The molecule has 0 bridgehead atoms. The van der Waals surface area contributed by atoms with E-state index in [-0.39, 0.29) is 34.4 Å². The van der Waals surface area contributed by atoms with Gasteiger partial charge in [0.25, 0.3) is 5.91 Å². The molecule has 1 saturated carbocycles. The quantitative estimate of drug-likeness (QED) is 0.390. The van der Waals surface area contributed by atoms with Crippen LogP contribution >= 0.6 is 11.6 Å². The Balaban J connectivity index is 1.19. The van der Waals surface area contributed by atoms with Crippen LogP contribution in [0.5, 0.6) is 5.75 Å². The number of fused-ring (bicyclic) bond motifs is 1. The highest BCUT2D eigenvalue weighted by Crippen LogP contribution is 2.40. The molecule has 1 aliphatic carbocycles. The number of likely N-dealkylation sites (tertiary alicyclic amines) is 1. The SMILES string of the molecule is Cc1ccc(OC[C@@H](O)CN2CCC(NC(=O)c3cn(C4(N)CC4)c4cc(Cl)c(F)cc4c3=O)CC2)cc1F. The molecule has 11 heteroatoms. The number of benzene rings is 2. The molecule has 2 aromatic carbocycles. The number of hydrogen-bond acceptors (Lipinski definition) is 6. The zero-order chi connectivity index (χ0) is 27.9. The lowest BCUT2D eigenvalue weighted by atomic mass is 10.0. The maximum Gasteiger partial charge on any atom is 0.256 e. The summed E-state index contributed by atoms with van der Waals surface area (Å²) >= 11 is 5.96. The summed E-state index contributed by atoms with van der Waals surface area (Å²) in [5, 5.41) is 13.3. The lowest BCUT2D eigenvalue weighted by molar-refractivity contribution is 0.0567. The van der Waals surface area contributed by atoms with Crippen molar-refractivity contribution in [3.05, 3.63) is 74.5 Å². The third kappa shape index (κ3) is 5.94. The number of halogens is 3. The Bertz CT molecular complexity index is 1470. The van der Waals surface area contributed by atoms with E-state index in [0.717, 1.165) is 6.07 Å². The first kappa shape index (κ1) is 27.5. The number of nitrogens with zero attached hydrogens (tertiary/aromatic N) is 2. The number of piperidine rings is 1. The molecule has 1 aliphatic heterocycles. The summed E-state index contributed by atoms with van der Waals surface area (Å²) in [5.74, 6) is -1.27. The van der Waals surface area contributed by atoms with Crippen LogP contribution in [0.4, 0.5) is 8.78 Å². The van der Waals surface area contributed by atoms with Gasteiger partial charge >= 0.3 is 0 Å². The Morgan fingerprint density at radius 2 is 1.95 bits per heavy atom. The lowest BCUT2D eigenvalue weighted by Gasteiger charge is -2.33. The van der Waals surface area contributed by atoms with E-state index in [1.165, 1.54) is 18.3 Å². The van der Waals surface area contributed by atoms with E-state index < -0.39 is 28.9 Å². The Morgan fingerprint density at radius 1 is 1.23 bits per heavy atom. The fraction of sp³-hybridized carbons (Fsp3) is 0.429. The molecule has 8 nitrogen and oxygen atoms in total. The molecular formula is C28H31ClF2N4O4. The van der Waals surface area contributed by atoms with Crippen molar-refractivity contribution in [3.63, 3.8) is 0 Å². The predicted molar refractivity (Wildman–Crippen MR) is 144 cm³/mol. The van der Waals surface area contributed by atoms with Crippen molar-refractivity contribution in [3.8, 4) is 5.75 Å². The molecule has 5 rings (SSSR count). The number of rotatable bonds is 8. The van der Waals surface area contributed by atoms with Gasteiger partial charge in [-0.05, 0) is 56.4 Å². The molecule has 3 aromatic rings. The Morgan fingerprint density at radius 3 is 2.62 bits per heavy atom. The number of nitrogens with two attached hydrogens (primary N) is 1. The summed E-state index contributed by atoms with van der Waals surface area (Å²) in [5.41, 5.74) is 5.89. The van der Waals surface area contributed by atoms with Gasteiger partial charge in [-0.25, -0.2) is 8.78 Å². The van der Waals surface area contributed by atoms with Crippen molar-refractivity contribution >= 4 is 28.4 Å². The van der Waals surface area contributed by atoms with E-state index in [1.54, 1.807) is 23.6 Å². The molecular weight excluding hydrogens is 530 g/mol. The van der Waals surface area contributed by atoms with Crippen LogP contribution in [0, 0.1) is 18.6 Å². The number of carbonyl (C=O) groups excluding carboxylic acids is 1. The summed E-state index contributed by atoms with van der Waals surface area (Å²) in [6, 6.07) is 6.84. The number of carbonyl (C=O) groups is 1. The van der Waals surface area contributed by atoms with Crippen LogP contribution in [0.2, 0.25) is 5.02 Å². The standard InChI is InChI=1S/C28H31ClF2N4O4/c1-16-2-3-19(10-23(16)30)39-15-18(36)13-34-8-4-17(5-9-34)33-27(38)21-14-35(28(32)6-7-28)25-12-22(29)24(31)11-20(25)26(21)37/h2-3,10-12,14,17-18,36H,4-9,13,15,32H2,1H3,(H,33,38)/t18-/m0/s1. The monoisotopic (exact) mass is 560 g/mol. The van der Waals surface area contributed by atoms with Gasteiger partial charge in [-0.1, -0.05) is 17.7 Å². The molecule has 2 aliphatic rings. The van der Waals surface area contributed by atoms with Crippen LogP contribution in [0.3, 0.4) is 0 Å². The molecule has 0 radical (unpaired) electrons. The summed E-state index contributed by atoms with van der Waals surface area (Å²) in [4.78, 5) is 28.4. The van der Waals surface area contributed by atoms with E-state index in [0.29, 0.717) is 62.1 Å². The van der Waals surface area contributed by atoms with Crippen LogP contribution < -0.4 is 21.2 Å². The average Bonchev–Trinajstić information content (AvgIpc) is 3.65. The molecule has 1 atom stereocenters. The molecule has 0 unspecified atom stereocenters. The molecule has 2 fully saturated rings. The lowest BCUT2D eigenvalue weighted by Crippen LogP contribution is -2.47. The number of ether oxygens (including phenoxy) is 1. The van der Waals surface area contributed by atoms with E-state index in [4.69, 9.17) is 22.1 Å². The van der Waals surface area contributed by atoms with Crippen LogP contribution in [0.15, 0.2) is 41.3 Å². The molecule has 208 valence electrons. The average molecular weight is 561 g/mol. The second-order valence-electron chi connectivity index (χ2n) is 10.6. The van der Waals surface area contributed by atoms with Gasteiger partial charge in [0.05, 0.1) is 16.2 Å². The normalized spacial score (nSPS) is 18.2. The summed E-state index contributed by atoms with van der Waals surface area (Å²) in [7, 11) is 0. The highest BCUT2D eigenvalue weighted by atomic mass is 35.5. The van der Waals surface area contributed by atoms with E-state index in [1.807, 2.05) is 0 Å². The Labute approximate surface area is 229 Å². The maximum atomic E-state index is 14.2. The Kier molecular flexibility index (Phi) is 7.65. The van der Waals surface area contributed by atoms with Crippen molar-refractivity contribution in [2.24, 2.45) is 5.73 Å². The van der Waals surface area contributed by atoms with Gasteiger partial charge in [-0.15, -0.1) is 0 Å². The summed E-state index contributed by atoms with van der Waals surface area (Å²) in [6.45, 7) is 3.31. The number of nitrogens with one attached hydrogen (secondary N) is 1. The van der Waals surface area contributed by atoms with Crippen molar-refractivity contribution in [2.45, 2.75) is 50.4 Å². The van der Waals surface area contributed by atoms with Crippen LogP contribution in [-0.2, 0) is 5.66 Å². The number of amides is 1. The second kappa shape index (κ2) is 10.8. The Hall–Kier alpha value is -3.05. The largest absolute Gasteiger partial charge is 0.491 e. The smallest absolute Gasteiger partial charge is 0.256 e. The van der Waals surface area contributed by atoms with Gasteiger partial charge < -0.3 is 30.4 Å².